The van der Waals surface area contributed by atoms with Gasteiger partial charge >= 0.3 is 0 Å². The minimum absolute atomic E-state index is 0.458. The number of nitrogens with zero attached hydrogens (tertiary/aromatic N) is 1. The van der Waals surface area contributed by atoms with Gasteiger partial charge in [-0.25, -0.2) is 0 Å². The van der Waals surface area contributed by atoms with Gasteiger partial charge in [-0.1, -0.05) is 26.7 Å². The van der Waals surface area contributed by atoms with E-state index >= 15 is 0 Å². The van der Waals surface area contributed by atoms with Crippen LogP contribution in [0.1, 0.15) is 104 Å². The van der Waals surface area contributed by atoms with Crippen LogP contribution >= 0.6 is 11.6 Å². The summed E-state index contributed by atoms with van der Waals surface area (Å²) in [6, 6.07) is 0.642. The fraction of sp³-hybridized carbons (Fsp3) is 1.00. The van der Waals surface area contributed by atoms with E-state index in [4.69, 9.17) is 17.3 Å². The first-order valence-corrected chi connectivity index (χ1v) is 15.7. The largest absolute Gasteiger partial charge is 0.330 e. The molecule has 0 bridgehead atoms. The van der Waals surface area contributed by atoms with Crippen LogP contribution in [0, 0.1) is 41.4 Å². The molecule has 1 aliphatic heterocycles. The Morgan fingerprint density at radius 1 is 0.765 bits per heavy atom. The molecular formula is C30H56ClN3. The zero-order valence-electron chi connectivity index (χ0n) is 22.5. The zero-order valence-corrected chi connectivity index (χ0v) is 23.3. The molecule has 3 atom stereocenters. The summed E-state index contributed by atoms with van der Waals surface area (Å²) in [7, 11) is 0. The summed E-state index contributed by atoms with van der Waals surface area (Å²) in [5.41, 5.74) is 5.94. The van der Waals surface area contributed by atoms with Gasteiger partial charge in [-0.15, -0.1) is 11.6 Å². The lowest BCUT2D eigenvalue weighted by Crippen LogP contribution is -2.48. The average molecular weight is 494 g/mol. The fourth-order valence-corrected chi connectivity index (χ4v) is 8.36. The van der Waals surface area contributed by atoms with Crippen LogP contribution in [-0.2, 0) is 0 Å². The second-order valence-corrected chi connectivity index (χ2v) is 13.8. The molecule has 3 N–H and O–H groups in total. The standard InChI is InChI=1S/C30H56ClN3/c1-22(2)30(21-34-16-14-27(15-17-34)25-10-12-29(31)13-11-25)33-20-24-4-3-5-28(18-24)26-8-6-23(19-32)7-9-26/h22-30,33H,3-21,32H2,1-2H3/t23?,24?,25?,26?,28?,29?,30-/m0/s1. The van der Waals surface area contributed by atoms with Crippen molar-refractivity contribution < 1.29 is 0 Å². The molecule has 34 heavy (non-hydrogen) atoms. The minimum atomic E-state index is 0.458. The molecule has 0 aromatic heterocycles. The van der Waals surface area contributed by atoms with Crippen LogP contribution in [0.5, 0.6) is 0 Å². The van der Waals surface area contributed by atoms with Crippen LogP contribution < -0.4 is 11.1 Å². The summed E-state index contributed by atoms with van der Waals surface area (Å²) in [5.74, 6) is 6.33. The SMILES string of the molecule is CC(C)[C@H](CN1CCC(C2CCC(Cl)CC2)CC1)NCC1CCCC(C2CCC(CN)CC2)C1. The molecule has 1 heterocycles. The predicted molar refractivity (Wildman–Crippen MR) is 147 cm³/mol. The van der Waals surface area contributed by atoms with E-state index in [2.05, 4.69) is 24.1 Å². The molecule has 2 unspecified atom stereocenters. The number of piperidine rings is 1. The molecule has 0 amide bonds. The van der Waals surface area contributed by atoms with Gasteiger partial charge in [-0.3, -0.25) is 0 Å². The maximum atomic E-state index is 6.36. The van der Waals surface area contributed by atoms with E-state index in [1.165, 1.54) is 116 Å². The highest BCUT2D eigenvalue weighted by Crippen LogP contribution is 2.41. The smallest absolute Gasteiger partial charge is 0.0336 e. The van der Waals surface area contributed by atoms with Gasteiger partial charge in [-0.2, -0.15) is 0 Å². The number of nitrogens with one attached hydrogen (secondary N) is 1. The lowest BCUT2D eigenvalue weighted by Gasteiger charge is -2.41. The Morgan fingerprint density at radius 3 is 2.03 bits per heavy atom. The van der Waals surface area contributed by atoms with Crippen molar-refractivity contribution >= 4 is 11.6 Å². The summed E-state index contributed by atoms with van der Waals surface area (Å²) >= 11 is 6.36. The van der Waals surface area contributed by atoms with Crippen molar-refractivity contribution in [3.8, 4) is 0 Å². The highest BCUT2D eigenvalue weighted by atomic mass is 35.5. The van der Waals surface area contributed by atoms with Gasteiger partial charge in [0.2, 0.25) is 0 Å². The van der Waals surface area contributed by atoms with Crippen LogP contribution in [0.4, 0.5) is 0 Å². The maximum Gasteiger partial charge on any atom is 0.0336 e. The van der Waals surface area contributed by atoms with Crippen molar-refractivity contribution in [1.82, 2.24) is 10.2 Å². The summed E-state index contributed by atoms with van der Waals surface area (Å²) in [4.78, 5) is 2.78. The van der Waals surface area contributed by atoms with E-state index in [0.717, 1.165) is 42.1 Å². The Balaban J connectivity index is 1.17. The van der Waals surface area contributed by atoms with E-state index in [0.29, 0.717) is 17.3 Å². The number of nitrogens with two attached hydrogens (primary N) is 1. The third kappa shape index (κ3) is 7.83. The third-order valence-corrected chi connectivity index (χ3v) is 11.1. The van der Waals surface area contributed by atoms with Crippen molar-refractivity contribution in [2.45, 2.75) is 115 Å². The highest BCUT2D eigenvalue weighted by Gasteiger charge is 2.33. The molecular weight excluding hydrogens is 438 g/mol. The Morgan fingerprint density at radius 2 is 1.38 bits per heavy atom. The zero-order chi connectivity index (χ0) is 23.9. The van der Waals surface area contributed by atoms with Gasteiger partial charge in [0.25, 0.3) is 0 Å². The molecule has 3 nitrogen and oxygen atoms in total. The normalized spacial score (nSPS) is 37.7. The lowest BCUT2D eigenvalue weighted by molar-refractivity contribution is 0.109. The Bertz CT molecular complexity index is 559. The van der Waals surface area contributed by atoms with E-state index in [1.807, 2.05) is 0 Å². The molecule has 0 radical (unpaired) electrons. The van der Waals surface area contributed by atoms with Crippen molar-refractivity contribution in [2.24, 2.45) is 47.2 Å². The monoisotopic (exact) mass is 493 g/mol. The van der Waals surface area contributed by atoms with E-state index in [-0.39, 0.29) is 0 Å². The molecule has 0 aromatic rings. The number of likely N-dealkylation sites (tertiary alicyclic amines) is 1. The minimum Gasteiger partial charge on any atom is -0.330 e. The van der Waals surface area contributed by atoms with Crippen LogP contribution in [-0.4, -0.2) is 49.0 Å². The molecule has 4 aliphatic rings. The van der Waals surface area contributed by atoms with Crippen LogP contribution in [0.2, 0.25) is 0 Å². The van der Waals surface area contributed by atoms with Crippen LogP contribution in [0.15, 0.2) is 0 Å². The quantitative estimate of drug-likeness (QED) is 0.352. The molecule has 4 heteroatoms. The molecule has 3 aliphatic carbocycles. The number of hydrogen-bond donors (Lipinski definition) is 2. The fourth-order valence-electron chi connectivity index (χ4n) is 8.11. The Hall–Kier alpha value is 0.170. The highest BCUT2D eigenvalue weighted by molar-refractivity contribution is 6.20. The summed E-state index contributed by atoms with van der Waals surface area (Å²) in [6.07, 6.45) is 19.6. The van der Waals surface area contributed by atoms with Gasteiger partial charge in [-0.05, 0) is 145 Å². The number of hydrogen-bond acceptors (Lipinski definition) is 3. The van der Waals surface area contributed by atoms with Crippen molar-refractivity contribution in [1.29, 1.82) is 0 Å². The van der Waals surface area contributed by atoms with Crippen molar-refractivity contribution in [3.05, 3.63) is 0 Å². The van der Waals surface area contributed by atoms with Crippen molar-refractivity contribution in [3.63, 3.8) is 0 Å². The first kappa shape index (κ1) is 27.2. The summed E-state index contributed by atoms with van der Waals surface area (Å²) in [6.45, 7) is 10.9. The summed E-state index contributed by atoms with van der Waals surface area (Å²) in [5, 5.41) is 4.54. The number of halogens is 1. The molecule has 1 saturated heterocycles. The lowest BCUT2D eigenvalue weighted by atomic mass is 9.68. The topological polar surface area (TPSA) is 41.3 Å². The van der Waals surface area contributed by atoms with Gasteiger partial charge in [0.1, 0.15) is 0 Å². The van der Waals surface area contributed by atoms with Gasteiger partial charge in [0.05, 0.1) is 0 Å². The second-order valence-electron chi connectivity index (χ2n) is 13.2. The summed E-state index contributed by atoms with van der Waals surface area (Å²) < 4.78 is 0. The molecule has 0 spiro atoms. The number of alkyl halides is 1. The van der Waals surface area contributed by atoms with Crippen LogP contribution in [0.25, 0.3) is 0 Å². The van der Waals surface area contributed by atoms with Gasteiger partial charge in [0.15, 0.2) is 0 Å². The van der Waals surface area contributed by atoms with Crippen molar-refractivity contribution in [2.75, 3.05) is 32.7 Å². The molecule has 4 fully saturated rings. The molecule has 3 saturated carbocycles. The molecule has 0 aromatic carbocycles. The Kier molecular flexibility index (Phi) is 10.9. The third-order valence-electron chi connectivity index (χ3n) is 10.6. The van der Waals surface area contributed by atoms with Gasteiger partial charge in [0, 0.05) is 18.0 Å². The molecule has 4 rings (SSSR count). The van der Waals surface area contributed by atoms with E-state index < -0.39 is 0 Å². The first-order valence-electron chi connectivity index (χ1n) is 15.3. The predicted octanol–water partition coefficient (Wildman–Crippen LogP) is 6.68. The van der Waals surface area contributed by atoms with E-state index in [9.17, 15) is 0 Å². The van der Waals surface area contributed by atoms with Crippen LogP contribution in [0.3, 0.4) is 0 Å². The number of rotatable bonds is 9. The van der Waals surface area contributed by atoms with Gasteiger partial charge < -0.3 is 16.0 Å². The molecule has 198 valence electrons. The maximum absolute atomic E-state index is 6.36. The van der Waals surface area contributed by atoms with E-state index in [1.54, 1.807) is 0 Å². The first-order chi connectivity index (χ1) is 16.5. The Labute approximate surface area is 216 Å². The second kappa shape index (κ2) is 13.6. The average Bonchev–Trinajstić information content (AvgIpc) is 2.87.